The minimum Gasteiger partial charge on any atom is -0.457 e. The number of aromatic amines is 1. The number of rotatable bonds is 9. The molecule has 1 aliphatic rings. The zero-order valence-electron chi connectivity index (χ0n) is 45.8. The van der Waals surface area contributed by atoms with Crippen molar-refractivity contribution in [1.29, 1.82) is 0 Å². The summed E-state index contributed by atoms with van der Waals surface area (Å²) in [6.07, 6.45) is 13.4. The van der Waals surface area contributed by atoms with E-state index in [0.717, 1.165) is 81.6 Å². The van der Waals surface area contributed by atoms with E-state index in [1.54, 1.807) is 42.9 Å². The summed E-state index contributed by atoms with van der Waals surface area (Å²) in [6.45, 7) is 13.9. The van der Waals surface area contributed by atoms with Gasteiger partial charge in [0.15, 0.2) is 0 Å². The van der Waals surface area contributed by atoms with Gasteiger partial charge in [0.05, 0.1) is 33.2 Å². The average molecular weight is 1090 g/mol. The number of hydrogen-bond acceptors (Lipinski definition) is 8. The number of imidazole rings is 2. The van der Waals surface area contributed by atoms with Crippen molar-refractivity contribution in [3.63, 3.8) is 0 Å². The predicted molar refractivity (Wildman–Crippen MR) is 320 cm³/mol. The number of ether oxygens (including phenoxy) is 3. The zero-order chi connectivity index (χ0) is 55.7. The van der Waals surface area contributed by atoms with Gasteiger partial charge in [0, 0.05) is 84.6 Å². The molecule has 0 bridgehead atoms. The molecule has 14 heteroatoms. The first-order chi connectivity index (χ1) is 38.7. The summed E-state index contributed by atoms with van der Waals surface area (Å²) in [6, 6.07) is 46.7. The number of benzene rings is 6. The second kappa shape index (κ2) is 23.0. The van der Waals surface area contributed by atoms with Crippen molar-refractivity contribution in [2.24, 2.45) is 0 Å². The highest BCUT2D eigenvalue weighted by atomic mass is 19.1. The lowest BCUT2D eigenvalue weighted by atomic mass is 9.88. The van der Waals surface area contributed by atoms with Crippen LogP contribution in [0.2, 0.25) is 0 Å². The molecule has 0 amide bonds. The van der Waals surface area contributed by atoms with E-state index in [2.05, 4.69) is 132 Å². The maximum Gasteiger partial charge on any atom is 0.145 e. The number of hydrogen-bond donors (Lipinski definition) is 2. The summed E-state index contributed by atoms with van der Waals surface area (Å²) in [4.78, 5) is 21.1. The Morgan fingerprint density at radius 3 is 1.53 bits per heavy atom. The fourth-order valence-electron chi connectivity index (χ4n) is 10.4. The van der Waals surface area contributed by atoms with Crippen molar-refractivity contribution in [2.45, 2.75) is 85.3 Å². The van der Waals surface area contributed by atoms with Crippen LogP contribution in [0.15, 0.2) is 183 Å². The molecule has 12 nitrogen and oxygen atoms in total. The van der Waals surface area contributed by atoms with Crippen molar-refractivity contribution >= 4 is 43.6 Å². The van der Waals surface area contributed by atoms with Crippen LogP contribution in [0.25, 0.3) is 78.0 Å². The molecule has 1 aliphatic heterocycles. The predicted octanol–water partition coefficient (Wildman–Crippen LogP) is 17.0. The van der Waals surface area contributed by atoms with Gasteiger partial charge in [-0.25, -0.2) is 28.7 Å². The van der Waals surface area contributed by atoms with Crippen molar-refractivity contribution in [3.8, 4) is 57.4 Å². The van der Waals surface area contributed by atoms with Gasteiger partial charge in [-0.05, 0) is 138 Å². The minimum absolute atomic E-state index is 0. The second-order valence-electron chi connectivity index (χ2n) is 21.8. The Bertz CT molecular complexity index is 4160. The van der Waals surface area contributed by atoms with Crippen molar-refractivity contribution in [3.05, 3.63) is 206 Å². The van der Waals surface area contributed by atoms with E-state index in [-0.39, 0.29) is 36.1 Å². The Hall–Kier alpha value is -8.98. The number of para-hydroxylation sites is 2. The molecule has 412 valence electrons. The number of aliphatic hydroxyl groups excluding tert-OH is 1. The average Bonchev–Trinajstić information content (AvgIpc) is 4.50. The highest BCUT2D eigenvalue weighted by molar-refractivity contribution is 6.10. The van der Waals surface area contributed by atoms with E-state index in [9.17, 15) is 4.39 Å². The standard InChI is InChI=1S/C35H33FN4O2.C30H25FN4O.CH4O.CH4/c1-35(2,3)23-15-16-37-32(20-23)40-30-9-5-4-8-26(30)27-13-11-25(22-31(27)40)42-24-12-14-29(36)28(21-24)34-38-17-18-39(34)33-10-6-7-19-41-33;1-30(2,3)19-12-13-32-28(16-19)35-26-7-5-4-6-22(26)23-10-8-21(18-27(23)35)36-20-9-11-25(31)24(17-20)29-33-14-15-34-29;1-2;/h4-5,8-9,11-18,20-22,33H,6-7,10,19H2,1-3H3;4-18H,1-3H3,(H,33,34);2H,1H3;1H4. The molecule has 2 N–H and O–H groups in total. The zero-order valence-corrected chi connectivity index (χ0v) is 45.8. The molecule has 0 saturated carbocycles. The molecule has 7 heterocycles. The third-order valence-corrected chi connectivity index (χ3v) is 14.4. The number of nitrogens with one attached hydrogen (secondary N) is 1. The van der Waals surface area contributed by atoms with E-state index in [4.69, 9.17) is 29.3 Å². The van der Waals surface area contributed by atoms with E-state index in [1.807, 2.05) is 65.6 Å². The Labute approximate surface area is 470 Å². The first kappa shape index (κ1) is 55.3. The van der Waals surface area contributed by atoms with Crippen molar-refractivity contribution in [2.75, 3.05) is 13.7 Å². The monoisotopic (exact) mass is 1080 g/mol. The second-order valence-corrected chi connectivity index (χ2v) is 21.8. The molecule has 1 atom stereocenters. The molecule has 1 saturated heterocycles. The molecule has 6 aromatic carbocycles. The van der Waals surface area contributed by atoms with Gasteiger partial charge in [0.25, 0.3) is 0 Å². The lowest BCUT2D eigenvalue weighted by molar-refractivity contribution is -0.0309. The van der Waals surface area contributed by atoms with E-state index >= 15 is 4.39 Å². The fraction of sp³-hybridized carbons (Fsp3) is 0.224. The van der Waals surface area contributed by atoms with Crippen LogP contribution in [0.1, 0.15) is 85.6 Å². The SMILES string of the molecule is C.CC(C)(C)c1ccnc(-n2c3ccccc3c3ccc(Oc4ccc(F)c(-c5ncc[nH]5)c4)cc32)c1.CC(C)(C)c1ccnc(-n2c3ccccc3c3ccc(Oc4ccc(F)c(-c5nccn5C5CCCCO5)c4)cc32)c1.CO. The number of aromatic nitrogens is 8. The number of aliphatic hydroxyl groups is 1. The molecule has 0 radical (unpaired) electrons. The Morgan fingerprint density at radius 2 is 1.02 bits per heavy atom. The van der Waals surface area contributed by atoms with Gasteiger partial charge in [-0.2, -0.15) is 0 Å². The van der Waals surface area contributed by atoms with Crippen LogP contribution in [0, 0.1) is 11.6 Å². The molecule has 0 spiro atoms. The number of halogens is 2. The molecule has 12 aromatic rings. The van der Waals surface area contributed by atoms with Gasteiger partial charge in [-0.1, -0.05) is 85.4 Å². The third kappa shape index (κ3) is 11.2. The van der Waals surface area contributed by atoms with Crippen LogP contribution in [0.3, 0.4) is 0 Å². The van der Waals surface area contributed by atoms with Crippen LogP contribution in [-0.2, 0) is 15.6 Å². The lowest BCUT2D eigenvalue weighted by Crippen LogP contribution is -2.18. The van der Waals surface area contributed by atoms with Gasteiger partial charge >= 0.3 is 0 Å². The van der Waals surface area contributed by atoms with Crippen LogP contribution >= 0.6 is 0 Å². The topological polar surface area (TPSA) is 130 Å². The van der Waals surface area contributed by atoms with Crippen LogP contribution in [0.4, 0.5) is 8.78 Å². The van der Waals surface area contributed by atoms with Crippen LogP contribution in [0.5, 0.6) is 23.0 Å². The molecular weight excluding hydrogens is 1020 g/mol. The number of fused-ring (bicyclic) bond motifs is 6. The summed E-state index contributed by atoms with van der Waals surface area (Å²) in [5.41, 5.74) is 7.27. The smallest absolute Gasteiger partial charge is 0.145 e. The molecular formula is C67H66F2N8O4. The quantitative estimate of drug-likeness (QED) is 0.146. The summed E-state index contributed by atoms with van der Waals surface area (Å²) < 4.78 is 54.4. The van der Waals surface area contributed by atoms with Gasteiger partial charge in [0.1, 0.15) is 64.1 Å². The number of pyridine rings is 2. The molecule has 1 fully saturated rings. The Morgan fingerprint density at radius 1 is 0.531 bits per heavy atom. The normalized spacial score (nSPS) is 13.6. The van der Waals surface area contributed by atoms with E-state index in [0.29, 0.717) is 52.4 Å². The van der Waals surface area contributed by atoms with E-state index < -0.39 is 0 Å². The van der Waals surface area contributed by atoms with Gasteiger partial charge < -0.3 is 28.9 Å². The largest absolute Gasteiger partial charge is 0.457 e. The summed E-state index contributed by atoms with van der Waals surface area (Å²) in [7, 11) is 1.00. The molecule has 0 aliphatic carbocycles. The van der Waals surface area contributed by atoms with Crippen LogP contribution < -0.4 is 9.47 Å². The third-order valence-electron chi connectivity index (χ3n) is 14.4. The Balaban J connectivity index is 0.000000176. The van der Waals surface area contributed by atoms with Gasteiger partial charge in [0.2, 0.25) is 0 Å². The summed E-state index contributed by atoms with van der Waals surface area (Å²) in [5.74, 6) is 4.33. The summed E-state index contributed by atoms with van der Waals surface area (Å²) in [5, 5.41) is 11.5. The maximum absolute atomic E-state index is 15.1. The molecule has 1 unspecified atom stereocenters. The number of H-pyrrole nitrogens is 1. The molecule has 6 aromatic heterocycles. The van der Waals surface area contributed by atoms with Crippen molar-refractivity contribution in [1.82, 2.24) is 38.6 Å². The minimum atomic E-state index is -0.363. The molecule has 81 heavy (non-hydrogen) atoms. The van der Waals surface area contributed by atoms with Gasteiger partial charge in [-0.15, -0.1) is 0 Å². The lowest BCUT2D eigenvalue weighted by Gasteiger charge is -2.25. The summed E-state index contributed by atoms with van der Waals surface area (Å²) >= 11 is 0. The first-order valence-electron chi connectivity index (χ1n) is 26.8. The first-order valence-corrected chi connectivity index (χ1v) is 26.8. The maximum atomic E-state index is 15.1. The fourth-order valence-corrected chi connectivity index (χ4v) is 10.4. The van der Waals surface area contributed by atoms with E-state index in [1.165, 1.54) is 23.3 Å². The number of nitrogens with zero attached hydrogens (tertiary/aromatic N) is 7. The van der Waals surface area contributed by atoms with Crippen LogP contribution in [-0.4, -0.2) is 57.4 Å². The van der Waals surface area contributed by atoms with Crippen molar-refractivity contribution < 1.29 is 28.1 Å². The van der Waals surface area contributed by atoms with Gasteiger partial charge in [-0.3, -0.25) is 9.13 Å². The Kier molecular flexibility index (Phi) is 15.7. The molecule has 13 rings (SSSR count). The highest BCUT2D eigenvalue weighted by Gasteiger charge is 2.24. The highest BCUT2D eigenvalue weighted by Crippen LogP contribution is 2.40.